The number of carbonyl (C=O) groups is 2. The molecule has 25 heavy (non-hydrogen) atoms. The van der Waals surface area contributed by atoms with E-state index in [4.69, 9.17) is 0 Å². The average Bonchev–Trinajstić information content (AvgIpc) is 2.65. The first-order valence-corrected chi connectivity index (χ1v) is 9.73. The molecule has 6 heteroatoms. The molecule has 3 saturated heterocycles. The van der Waals surface area contributed by atoms with Crippen LogP contribution in [0.2, 0.25) is 0 Å². The lowest BCUT2D eigenvalue weighted by Crippen LogP contribution is -2.61. The molecule has 3 aliphatic heterocycles. The first-order chi connectivity index (χ1) is 12.2. The Balaban J connectivity index is 1.51. The molecule has 0 aromatic heterocycles. The van der Waals surface area contributed by atoms with Crippen LogP contribution in [0.5, 0.6) is 0 Å². The van der Waals surface area contributed by atoms with Gasteiger partial charge in [0.05, 0.1) is 13.2 Å². The van der Waals surface area contributed by atoms with Gasteiger partial charge in [0.25, 0.3) is 0 Å². The highest BCUT2D eigenvalue weighted by molar-refractivity contribution is 5.81. The number of carbonyl (C=O) groups excluding carboxylic acids is 2. The first-order valence-electron chi connectivity index (χ1n) is 9.73. The third-order valence-electron chi connectivity index (χ3n) is 6.53. The summed E-state index contributed by atoms with van der Waals surface area (Å²) in [5, 5.41) is 2.74. The molecule has 4 aliphatic rings. The number of ether oxygens (including phenoxy) is 1. The van der Waals surface area contributed by atoms with Crippen molar-refractivity contribution in [3.05, 3.63) is 11.6 Å². The summed E-state index contributed by atoms with van der Waals surface area (Å²) in [5.74, 6) is 0.797. The largest absolute Gasteiger partial charge is 0.468 e. The number of fused-ring (bicyclic) bond motifs is 6. The maximum atomic E-state index is 12.7. The number of methoxy groups -OCH3 is 1. The molecule has 1 N–H and O–H groups in total. The second-order valence-electron chi connectivity index (χ2n) is 7.94. The van der Waals surface area contributed by atoms with Gasteiger partial charge in [0.1, 0.15) is 6.54 Å². The van der Waals surface area contributed by atoms with Crippen molar-refractivity contribution in [3.63, 3.8) is 0 Å². The van der Waals surface area contributed by atoms with E-state index in [0.29, 0.717) is 11.8 Å². The highest BCUT2D eigenvalue weighted by Crippen LogP contribution is 2.44. The van der Waals surface area contributed by atoms with E-state index in [0.717, 1.165) is 32.0 Å². The maximum absolute atomic E-state index is 12.7. The second-order valence-corrected chi connectivity index (χ2v) is 7.94. The Bertz CT molecular complexity index is 576. The number of hydrogen-bond donors (Lipinski definition) is 1. The minimum absolute atomic E-state index is 0.0565. The van der Waals surface area contributed by atoms with Crippen molar-refractivity contribution in [1.29, 1.82) is 0 Å². The van der Waals surface area contributed by atoms with Gasteiger partial charge >= 0.3 is 12.0 Å². The predicted molar refractivity (Wildman–Crippen MR) is 94.0 cm³/mol. The zero-order chi connectivity index (χ0) is 17.4. The fourth-order valence-corrected chi connectivity index (χ4v) is 5.52. The Morgan fingerprint density at radius 1 is 1.28 bits per heavy atom. The third-order valence-corrected chi connectivity index (χ3v) is 6.53. The summed E-state index contributed by atoms with van der Waals surface area (Å²) < 4.78 is 4.63. The van der Waals surface area contributed by atoms with Gasteiger partial charge in [0.2, 0.25) is 0 Å². The van der Waals surface area contributed by atoms with Crippen LogP contribution in [0.3, 0.4) is 0 Å². The quantitative estimate of drug-likeness (QED) is 0.611. The highest BCUT2D eigenvalue weighted by Gasteiger charge is 2.46. The molecule has 6 nitrogen and oxygen atoms in total. The van der Waals surface area contributed by atoms with Gasteiger partial charge in [-0.25, -0.2) is 4.79 Å². The van der Waals surface area contributed by atoms with Crippen LogP contribution in [0, 0.1) is 11.8 Å². The summed E-state index contributed by atoms with van der Waals surface area (Å²) in [6.45, 7) is 3.05. The normalized spacial score (nSPS) is 34.4. The molecule has 0 aromatic rings. The topological polar surface area (TPSA) is 61.9 Å². The van der Waals surface area contributed by atoms with Crippen LogP contribution < -0.4 is 5.32 Å². The Hall–Kier alpha value is -1.56. The zero-order valence-electron chi connectivity index (χ0n) is 15.1. The number of esters is 1. The number of nitrogens with one attached hydrogen (secondary N) is 1. The fourth-order valence-electron chi connectivity index (χ4n) is 5.52. The summed E-state index contributed by atoms with van der Waals surface area (Å²) in [5.41, 5.74) is 1.46. The summed E-state index contributed by atoms with van der Waals surface area (Å²) in [6, 6.07) is 0.813. The number of piperidine rings is 3. The van der Waals surface area contributed by atoms with Gasteiger partial charge in [-0.2, -0.15) is 0 Å². The molecule has 3 fully saturated rings. The molecular weight excluding hydrogens is 318 g/mol. The molecule has 0 aromatic carbocycles. The second kappa shape index (κ2) is 6.98. The van der Waals surface area contributed by atoms with Crippen molar-refractivity contribution in [1.82, 2.24) is 15.1 Å². The molecule has 0 saturated carbocycles. The van der Waals surface area contributed by atoms with Crippen molar-refractivity contribution in [3.8, 4) is 0 Å². The van der Waals surface area contributed by atoms with E-state index in [1.54, 1.807) is 0 Å². The first kappa shape index (κ1) is 16.9. The van der Waals surface area contributed by atoms with Crippen LogP contribution in [-0.2, 0) is 9.53 Å². The van der Waals surface area contributed by atoms with Gasteiger partial charge < -0.3 is 15.0 Å². The van der Waals surface area contributed by atoms with Gasteiger partial charge in [-0.05, 0) is 50.5 Å². The fraction of sp³-hybridized carbons (Fsp3) is 0.789. The number of urea groups is 1. The molecule has 4 unspecified atom stereocenters. The van der Waals surface area contributed by atoms with E-state index in [1.807, 2.05) is 4.90 Å². The number of rotatable bonds is 2. The minimum atomic E-state index is -0.404. The SMILES string of the molecule is COC(=O)CNC(=O)N1CCCC2=CC3CC(CN4CCCCC34)C21. The van der Waals surface area contributed by atoms with E-state index in [9.17, 15) is 9.59 Å². The molecule has 0 radical (unpaired) electrons. The van der Waals surface area contributed by atoms with Gasteiger partial charge in [0.15, 0.2) is 0 Å². The van der Waals surface area contributed by atoms with Crippen LogP contribution in [0.25, 0.3) is 0 Å². The van der Waals surface area contributed by atoms with Gasteiger partial charge in [-0.3, -0.25) is 9.69 Å². The Morgan fingerprint density at radius 3 is 3.00 bits per heavy atom. The van der Waals surface area contributed by atoms with Crippen molar-refractivity contribution < 1.29 is 14.3 Å². The molecule has 3 heterocycles. The maximum Gasteiger partial charge on any atom is 0.325 e. The molecule has 2 amide bonds. The summed E-state index contributed by atoms with van der Waals surface area (Å²) in [7, 11) is 1.34. The van der Waals surface area contributed by atoms with Crippen LogP contribution in [0.1, 0.15) is 38.5 Å². The minimum Gasteiger partial charge on any atom is -0.468 e. The van der Waals surface area contributed by atoms with Gasteiger partial charge in [-0.15, -0.1) is 0 Å². The lowest BCUT2D eigenvalue weighted by Gasteiger charge is -2.54. The summed E-state index contributed by atoms with van der Waals surface area (Å²) in [4.78, 5) is 28.7. The molecular formula is C19H29N3O3. The van der Waals surface area contributed by atoms with Crippen molar-refractivity contribution >= 4 is 12.0 Å². The van der Waals surface area contributed by atoms with E-state index >= 15 is 0 Å². The lowest BCUT2D eigenvalue weighted by molar-refractivity contribution is -0.139. The Morgan fingerprint density at radius 2 is 2.16 bits per heavy atom. The highest BCUT2D eigenvalue weighted by atomic mass is 16.5. The van der Waals surface area contributed by atoms with E-state index in [-0.39, 0.29) is 18.6 Å². The van der Waals surface area contributed by atoms with Crippen LogP contribution >= 0.6 is 0 Å². The van der Waals surface area contributed by atoms with Crippen LogP contribution in [0.4, 0.5) is 4.79 Å². The van der Waals surface area contributed by atoms with E-state index in [2.05, 4.69) is 21.0 Å². The molecule has 0 spiro atoms. The van der Waals surface area contributed by atoms with E-state index < -0.39 is 5.97 Å². The Kier molecular flexibility index (Phi) is 4.71. The molecule has 2 bridgehead atoms. The van der Waals surface area contributed by atoms with Crippen molar-refractivity contribution in [2.75, 3.05) is 33.3 Å². The number of nitrogens with zero attached hydrogens (tertiary/aromatic N) is 2. The number of hydrogen-bond acceptors (Lipinski definition) is 4. The monoisotopic (exact) mass is 347 g/mol. The standard InChI is InChI=1S/C19H29N3O3/c1-25-17(23)11-20-19(24)22-8-4-5-13-9-14-10-15(18(13)22)12-21-7-3-2-6-16(14)21/h9,14-16,18H,2-8,10-12H2,1H3,(H,20,24). The van der Waals surface area contributed by atoms with Gasteiger partial charge in [0, 0.05) is 19.1 Å². The summed E-state index contributed by atoms with van der Waals surface area (Å²) in [6.07, 6.45) is 9.83. The molecule has 1 aliphatic carbocycles. The third kappa shape index (κ3) is 3.16. The van der Waals surface area contributed by atoms with Crippen LogP contribution in [-0.4, -0.2) is 67.2 Å². The van der Waals surface area contributed by atoms with E-state index in [1.165, 1.54) is 44.9 Å². The smallest absolute Gasteiger partial charge is 0.325 e. The zero-order valence-corrected chi connectivity index (χ0v) is 15.1. The average molecular weight is 347 g/mol. The van der Waals surface area contributed by atoms with Crippen molar-refractivity contribution in [2.45, 2.75) is 50.6 Å². The number of likely N-dealkylation sites (tertiary alicyclic amines) is 1. The Labute approximate surface area is 149 Å². The summed E-state index contributed by atoms with van der Waals surface area (Å²) >= 11 is 0. The lowest BCUT2D eigenvalue weighted by atomic mass is 9.68. The molecule has 138 valence electrons. The number of amides is 2. The molecule has 4 rings (SSSR count). The van der Waals surface area contributed by atoms with Crippen LogP contribution in [0.15, 0.2) is 11.6 Å². The van der Waals surface area contributed by atoms with Gasteiger partial charge in [-0.1, -0.05) is 18.1 Å². The van der Waals surface area contributed by atoms with Crippen molar-refractivity contribution in [2.24, 2.45) is 11.8 Å². The predicted octanol–water partition coefficient (Wildman–Crippen LogP) is 1.76. The molecule has 4 atom stereocenters.